The third-order valence-corrected chi connectivity index (χ3v) is 2.54. The molecule has 92 valence electrons. The number of nitrogens with zero attached hydrogens (tertiary/aromatic N) is 3. The highest BCUT2D eigenvalue weighted by molar-refractivity contribution is 5.31. The molecule has 1 aromatic rings. The van der Waals surface area contributed by atoms with Crippen molar-refractivity contribution in [2.45, 2.75) is 33.2 Å². The number of nitriles is 1. The lowest BCUT2D eigenvalue weighted by Gasteiger charge is -2.31. The third-order valence-electron chi connectivity index (χ3n) is 2.54. The number of hydrogen-bond acceptors (Lipinski definition) is 5. The van der Waals surface area contributed by atoms with E-state index < -0.39 is 0 Å². The van der Waals surface area contributed by atoms with Crippen molar-refractivity contribution in [2.24, 2.45) is 5.41 Å². The van der Waals surface area contributed by atoms with Crippen molar-refractivity contribution in [1.82, 2.24) is 9.97 Å². The maximum Gasteiger partial charge on any atom is 0.224 e. The van der Waals surface area contributed by atoms with E-state index in [0.717, 1.165) is 0 Å². The normalized spacial score (nSPS) is 12.9. The molecule has 0 fully saturated rings. The molecule has 1 unspecified atom stereocenters. The van der Waals surface area contributed by atoms with Gasteiger partial charge in [0.15, 0.2) is 0 Å². The van der Waals surface area contributed by atoms with Crippen molar-refractivity contribution >= 4 is 5.95 Å². The molecular weight excluding hydrogens is 216 g/mol. The molecule has 0 radical (unpaired) electrons. The molecule has 0 aliphatic carbocycles. The van der Waals surface area contributed by atoms with Crippen LogP contribution in [0.1, 0.15) is 32.9 Å². The lowest BCUT2D eigenvalue weighted by molar-refractivity contribution is 0.235. The summed E-state index contributed by atoms with van der Waals surface area (Å²) in [4.78, 5) is 8.13. The maximum absolute atomic E-state index is 9.05. The molecule has 5 heteroatoms. The zero-order chi connectivity index (χ0) is 12.9. The van der Waals surface area contributed by atoms with E-state index in [0.29, 0.717) is 18.1 Å². The number of anilines is 1. The van der Waals surface area contributed by atoms with Gasteiger partial charge in [-0.25, -0.2) is 9.97 Å². The first-order valence-corrected chi connectivity index (χ1v) is 5.58. The molecule has 2 N–H and O–H groups in total. The van der Waals surface area contributed by atoms with Crippen LogP contribution in [0.2, 0.25) is 0 Å². The van der Waals surface area contributed by atoms with Crippen molar-refractivity contribution in [1.29, 1.82) is 5.26 Å². The van der Waals surface area contributed by atoms with Gasteiger partial charge < -0.3 is 10.4 Å². The molecule has 0 aliphatic rings. The van der Waals surface area contributed by atoms with Crippen molar-refractivity contribution < 1.29 is 5.11 Å². The first-order valence-electron chi connectivity index (χ1n) is 5.58. The van der Waals surface area contributed by atoms with Crippen LogP contribution in [0.25, 0.3) is 0 Å². The quantitative estimate of drug-likeness (QED) is 0.826. The topological polar surface area (TPSA) is 81.8 Å². The van der Waals surface area contributed by atoms with Crippen molar-refractivity contribution in [2.75, 3.05) is 11.9 Å². The molecule has 0 saturated heterocycles. The zero-order valence-electron chi connectivity index (χ0n) is 10.4. The lowest BCUT2D eigenvalue weighted by Crippen LogP contribution is -2.35. The van der Waals surface area contributed by atoms with Gasteiger partial charge in [0.25, 0.3) is 0 Å². The highest BCUT2D eigenvalue weighted by atomic mass is 16.3. The monoisotopic (exact) mass is 234 g/mol. The minimum absolute atomic E-state index is 0.0191. The summed E-state index contributed by atoms with van der Waals surface area (Å²) in [5.74, 6) is 0.428. The van der Waals surface area contributed by atoms with Gasteiger partial charge in [-0.3, -0.25) is 0 Å². The summed E-state index contributed by atoms with van der Waals surface area (Å²) in [5, 5.41) is 21.0. The van der Waals surface area contributed by atoms with Crippen molar-refractivity contribution in [3.63, 3.8) is 0 Å². The molecule has 0 bridgehead atoms. The van der Waals surface area contributed by atoms with Crippen LogP contribution in [0.5, 0.6) is 0 Å². The third kappa shape index (κ3) is 4.00. The fourth-order valence-corrected chi connectivity index (χ4v) is 1.50. The van der Waals surface area contributed by atoms with Crippen LogP contribution >= 0.6 is 0 Å². The van der Waals surface area contributed by atoms with E-state index in [1.165, 1.54) is 0 Å². The number of aliphatic hydroxyl groups is 1. The molecule has 5 nitrogen and oxygen atoms in total. The minimum atomic E-state index is -0.0191. The Balaban J connectivity index is 2.83. The summed E-state index contributed by atoms with van der Waals surface area (Å²) in [7, 11) is 0. The van der Waals surface area contributed by atoms with Crippen LogP contribution in [0.15, 0.2) is 12.3 Å². The number of aliphatic hydroxyl groups excluding tert-OH is 1. The van der Waals surface area contributed by atoms with Crippen LogP contribution in [-0.2, 0) is 0 Å². The SMILES string of the molecule is CC(C)(C)C(CCO)Nc1nccc(C#N)n1. The summed E-state index contributed by atoms with van der Waals surface area (Å²) in [6.07, 6.45) is 2.16. The standard InChI is InChI=1S/C12H18N4O/c1-12(2,3)10(5-7-17)16-11-14-6-4-9(8-13)15-11/h4,6,10,17H,5,7H2,1-3H3,(H,14,15,16). The van der Waals surface area contributed by atoms with Gasteiger partial charge in [0, 0.05) is 18.8 Å². The molecule has 0 aromatic carbocycles. The number of aromatic nitrogens is 2. The van der Waals surface area contributed by atoms with Gasteiger partial charge in [0.1, 0.15) is 11.8 Å². The Kier molecular flexibility index (Phi) is 4.41. The summed E-state index contributed by atoms with van der Waals surface area (Å²) < 4.78 is 0. The Hall–Kier alpha value is -1.67. The van der Waals surface area contributed by atoms with Gasteiger partial charge in [-0.05, 0) is 17.9 Å². The Morgan fingerprint density at radius 3 is 2.76 bits per heavy atom. The highest BCUT2D eigenvalue weighted by Gasteiger charge is 2.24. The first-order chi connectivity index (χ1) is 7.97. The van der Waals surface area contributed by atoms with Gasteiger partial charge in [0.2, 0.25) is 5.95 Å². The van der Waals surface area contributed by atoms with Crippen LogP contribution in [0.3, 0.4) is 0 Å². The average molecular weight is 234 g/mol. The lowest BCUT2D eigenvalue weighted by atomic mass is 9.85. The second-order valence-corrected chi connectivity index (χ2v) is 4.95. The molecule has 0 amide bonds. The average Bonchev–Trinajstić information content (AvgIpc) is 2.27. The fourth-order valence-electron chi connectivity index (χ4n) is 1.50. The van der Waals surface area contributed by atoms with E-state index in [2.05, 4.69) is 36.1 Å². The summed E-state index contributed by atoms with van der Waals surface area (Å²) in [6, 6.07) is 3.59. The van der Waals surface area contributed by atoms with E-state index in [9.17, 15) is 0 Å². The number of rotatable bonds is 4. The van der Waals surface area contributed by atoms with Crippen LogP contribution in [0.4, 0.5) is 5.95 Å². The Morgan fingerprint density at radius 1 is 1.53 bits per heavy atom. The van der Waals surface area contributed by atoms with Gasteiger partial charge >= 0.3 is 0 Å². The van der Waals surface area contributed by atoms with Crippen molar-refractivity contribution in [3.05, 3.63) is 18.0 Å². The van der Waals surface area contributed by atoms with Gasteiger partial charge in [-0.2, -0.15) is 5.26 Å². The second-order valence-electron chi connectivity index (χ2n) is 4.95. The molecule has 0 aliphatic heterocycles. The van der Waals surface area contributed by atoms with Crippen LogP contribution in [-0.4, -0.2) is 27.7 Å². The van der Waals surface area contributed by atoms with Gasteiger partial charge in [0.05, 0.1) is 0 Å². The van der Waals surface area contributed by atoms with Crippen molar-refractivity contribution in [3.8, 4) is 6.07 Å². The largest absolute Gasteiger partial charge is 0.396 e. The predicted octanol–water partition coefficient (Wildman–Crippen LogP) is 1.56. The number of hydrogen-bond donors (Lipinski definition) is 2. The Bertz CT molecular complexity index is 406. The first kappa shape index (κ1) is 13.4. The van der Waals surface area contributed by atoms with E-state index in [4.69, 9.17) is 10.4 Å². The molecule has 1 rings (SSSR count). The number of nitrogens with one attached hydrogen (secondary N) is 1. The molecule has 17 heavy (non-hydrogen) atoms. The van der Waals surface area contributed by atoms with Gasteiger partial charge in [-0.1, -0.05) is 20.8 Å². The highest BCUT2D eigenvalue weighted by Crippen LogP contribution is 2.24. The van der Waals surface area contributed by atoms with Crippen LogP contribution < -0.4 is 5.32 Å². The van der Waals surface area contributed by atoms with E-state index >= 15 is 0 Å². The molecule has 1 heterocycles. The smallest absolute Gasteiger partial charge is 0.224 e. The summed E-state index contributed by atoms with van der Waals surface area (Å²) >= 11 is 0. The summed E-state index contributed by atoms with van der Waals surface area (Å²) in [5.41, 5.74) is 0.313. The Morgan fingerprint density at radius 2 is 2.24 bits per heavy atom. The van der Waals surface area contributed by atoms with E-state index in [1.54, 1.807) is 12.3 Å². The molecule has 1 aromatic heterocycles. The predicted molar refractivity (Wildman–Crippen MR) is 65.3 cm³/mol. The maximum atomic E-state index is 9.05. The molecule has 0 spiro atoms. The summed E-state index contributed by atoms with van der Waals surface area (Å²) in [6.45, 7) is 6.34. The molecule has 0 saturated carbocycles. The zero-order valence-corrected chi connectivity index (χ0v) is 10.4. The van der Waals surface area contributed by atoms with Crippen LogP contribution in [0, 0.1) is 16.7 Å². The molecular formula is C12H18N4O. The van der Waals surface area contributed by atoms with Gasteiger partial charge in [-0.15, -0.1) is 0 Å². The molecule has 1 atom stereocenters. The minimum Gasteiger partial charge on any atom is -0.396 e. The Labute approximate surface area is 102 Å². The second kappa shape index (κ2) is 5.60. The fraction of sp³-hybridized carbons (Fsp3) is 0.583. The van der Waals surface area contributed by atoms with E-state index in [1.807, 2.05) is 6.07 Å². The van der Waals surface area contributed by atoms with E-state index in [-0.39, 0.29) is 18.1 Å².